The highest BCUT2D eigenvalue weighted by Crippen LogP contribution is 2.52. The molecule has 0 bridgehead atoms. The SMILES string of the molecule is Cc1cccc(C2Nc3c(O)ccc(C)c3C3C=CCC32)c1. The van der Waals surface area contributed by atoms with Crippen LogP contribution in [-0.4, -0.2) is 5.11 Å². The van der Waals surface area contributed by atoms with Gasteiger partial charge in [0.25, 0.3) is 0 Å². The van der Waals surface area contributed by atoms with Gasteiger partial charge in [0, 0.05) is 5.92 Å². The molecular formula is C20H21NO. The lowest BCUT2D eigenvalue weighted by molar-refractivity contribution is 0.414. The van der Waals surface area contributed by atoms with Crippen molar-refractivity contribution in [1.29, 1.82) is 0 Å². The minimum absolute atomic E-state index is 0.250. The third-order valence-electron chi connectivity index (χ3n) is 5.12. The molecule has 3 unspecified atom stereocenters. The van der Waals surface area contributed by atoms with Crippen LogP contribution in [0.1, 0.15) is 40.6 Å². The Hall–Kier alpha value is -2.22. The monoisotopic (exact) mass is 291 g/mol. The molecule has 4 rings (SSSR count). The third kappa shape index (κ3) is 1.94. The Morgan fingerprint density at radius 2 is 2.00 bits per heavy atom. The van der Waals surface area contributed by atoms with Crippen LogP contribution in [0.25, 0.3) is 0 Å². The predicted octanol–water partition coefficient (Wildman–Crippen LogP) is 4.84. The van der Waals surface area contributed by atoms with Crippen molar-refractivity contribution >= 4 is 5.69 Å². The zero-order valence-corrected chi connectivity index (χ0v) is 13.0. The van der Waals surface area contributed by atoms with E-state index < -0.39 is 0 Å². The average Bonchev–Trinajstić information content (AvgIpc) is 2.99. The Bertz CT molecular complexity index is 762. The van der Waals surface area contributed by atoms with E-state index in [0.29, 0.717) is 17.6 Å². The summed E-state index contributed by atoms with van der Waals surface area (Å²) in [6.45, 7) is 4.27. The quantitative estimate of drug-likeness (QED) is 0.582. The second kappa shape index (κ2) is 4.91. The van der Waals surface area contributed by atoms with Crippen molar-refractivity contribution in [1.82, 2.24) is 0 Å². The van der Waals surface area contributed by atoms with Crippen LogP contribution in [0.4, 0.5) is 5.69 Å². The molecular weight excluding hydrogens is 270 g/mol. The lowest BCUT2D eigenvalue weighted by atomic mass is 9.75. The van der Waals surface area contributed by atoms with Gasteiger partial charge in [0.1, 0.15) is 5.75 Å². The van der Waals surface area contributed by atoms with Gasteiger partial charge in [-0.15, -0.1) is 0 Å². The lowest BCUT2D eigenvalue weighted by Crippen LogP contribution is -2.29. The second-order valence-electron chi connectivity index (χ2n) is 6.58. The van der Waals surface area contributed by atoms with E-state index >= 15 is 0 Å². The minimum Gasteiger partial charge on any atom is -0.506 e. The van der Waals surface area contributed by atoms with Crippen LogP contribution < -0.4 is 5.32 Å². The normalized spacial score (nSPS) is 25.5. The molecule has 2 aromatic carbocycles. The van der Waals surface area contributed by atoms with E-state index in [1.807, 2.05) is 6.07 Å². The topological polar surface area (TPSA) is 32.3 Å². The molecule has 0 saturated heterocycles. The standard InChI is InChI=1S/C20H21NO/c1-12-5-3-6-14(11-12)19-16-8-4-7-15(16)18-13(2)9-10-17(22)20(18)21-19/h3-7,9-11,15-16,19,21-22H,8H2,1-2H3. The van der Waals surface area contributed by atoms with Crippen molar-refractivity contribution in [3.63, 3.8) is 0 Å². The summed E-state index contributed by atoms with van der Waals surface area (Å²) >= 11 is 0. The first-order valence-electron chi connectivity index (χ1n) is 7.97. The van der Waals surface area contributed by atoms with Gasteiger partial charge in [-0.2, -0.15) is 0 Å². The van der Waals surface area contributed by atoms with Gasteiger partial charge >= 0.3 is 0 Å². The molecule has 2 aliphatic rings. The van der Waals surface area contributed by atoms with E-state index in [4.69, 9.17) is 0 Å². The van der Waals surface area contributed by atoms with Gasteiger partial charge in [-0.25, -0.2) is 0 Å². The molecule has 2 aromatic rings. The Labute approximate surface area is 131 Å². The highest BCUT2D eigenvalue weighted by molar-refractivity contribution is 5.69. The number of hydrogen-bond acceptors (Lipinski definition) is 2. The van der Waals surface area contributed by atoms with Crippen LogP contribution in [0, 0.1) is 19.8 Å². The van der Waals surface area contributed by atoms with Crippen molar-refractivity contribution in [3.05, 3.63) is 70.8 Å². The summed E-state index contributed by atoms with van der Waals surface area (Å²) in [6.07, 6.45) is 5.70. The molecule has 112 valence electrons. The number of aryl methyl sites for hydroxylation is 2. The molecule has 0 radical (unpaired) electrons. The van der Waals surface area contributed by atoms with Gasteiger partial charge in [0.2, 0.25) is 0 Å². The first-order valence-corrected chi connectivity index (χ1v) is 7.97. The maximum Gasteiger partial charge on any atom is 0.139 e. The van der Waals surface area contributed by atoms with Gasteiger partial charge < -0.3 is 10.4 Å². The predicted molar refractivity (Wildman–Crippen MR) is 90.4 cm³/mol. The Balaban J connectivity index is 1.86. The van der Waals surface area contributed by atoms with E-state index in [0.717, 1.165) is 12.1 Å². The highest BCUT2D eigenvalue weighted by Gasteiger charge is 2.39. The zero-order chi connectivity index (χ0) is 15.3. The average molecular weight is 291 g/mol. The van der Waals surface area contributed by atoms with E-state index in [1.165, 1.54) is 22.3 Å². The van der Waals surface area contributed by atoms with Crippen LogP contribution in [0.3, 0.4) is 0 Å². The number of allylic oxidation sites excluding steroid dienone is 2. The van der Waals surface area contributed by atoms with Crippen LogP contribution in [0.2, 0.25) is 0 Å². The number of nitrogens with one attached hydrogen (secondary N) is 1. The highest BCUT2D eigenvalue weighted by atomic mass is 16.3. The van der Waals surface area contributed by atoms with Gasteiger partial charge in [0.15, 0.2) is 0 Å². The van der Waals surface area contributed by atoms with Gasteiger partial charge in [0.05, 0.1) is 11.7 Å². The lowest BCUT2D eigenvalue weighted by Gasteiger charge is -2.38. The fourth-order valence-corrected chi connectivity index (χ4v) is 4.08. The number of phenols is 1. The van der Waals surface area contributed by atoms with Gasteiger partial charge in [-0.1, -0.05) is 48.0 Å². The zero-order valence-electron chi connectivity index (χ0n) is 13.0. The fraction of sp³-hybridized carbons (Fsp3) is 0.300. The van der Waals surface area contributed by atoms with Gasteiger partial charge in [-0.05, 0) is 48.9 Å². The Kier molecular flexibility index (Phi) is 3.00. The van der Waals surface area contributed by atoms with Crippen molar-refractivity contribution in [2.75, 3.05) is 5.32 Å². The van der Waals surface area contributed by atoms with E-state index in [9.17, 15) is 5.11 Å². The van der Waals surface area contributed by atoms with Crippen molar-refractivity contribution < 1.29 is 5.11 Å². The molecule has 0 aromatic heterocycles. The number of fused-ring (bicyclic) bond motifs is 3. The van der Waals surface area contributed by atoms with Gasteiger partial charge in [-0.3, -0.25) is 0 Å². The summed E-state index contributed by atoms with van der Waals surface area (Å²) in [5, 5.41) is 14.0. The largest absolute Gasteiger partial charge is 0.506 e. The summed E-state index contributed by atoms with van der Waals surface area (Å²) in [5.41, 5.74) is 6.03. The van der Waals surface area contributed by atoms with Crippen molar-refractivity contribution in [2.24, 2.45) is 5.92 Å². The summed E-state index contributed by atoms with van der Waals surface area (Å²) in [7, 11) is 0. The molecule has 2 heteroatoms. The minimum atomic E-state index is 0.250. The molecule has 2 N–H and O–H groups in total. The summed E-state index contributed by atoms with van der Waals surface area (Å²) in [6, 6.07) is 12.8. The third-order valence-corrected chi connectivity index (χ3v) is 5.12. The molecule has 1 aliphatic carbocycles. The second-order valence-corrected chi connectivity index (χ2v) is 6.58. The summed E-state index contributed by atoms with van der Waals surface area (Å²) < 4.78 is 0. The summed E-state index contributed by atoms with van der Waals surface area (Å²) in [5.74, 6) is 1.28. The van der Waals surface area contributed by atoms with Crippen LogP contribution >= 0.6 is 0 Å². The first-order chi connectivity index (χ1) is 10.6. The molecule has 0 saturated carbocycles. The molecule has 3 atom stereocenters. The Morgan fingerprint density at radius 3 is 2.82 bits per heavy atom. The van der Waals surface area contributed by atoms with Crippen molar-refractivity contribution in [2.45, 2.75) is 32.2 Å². The number of rotatable bonds is 1. The number of phenolic OH excluding ortho intramolecular Hbond substituents is 1. The smallest absolute Gasteiger partial charge is 0.139 e. The molecule has 22 heavy (non-hydrogen) atoms. The first kappa shape index (κ1) is 13.4. The molecule has 1 heterocycles. The fourth-order valence-electron chi connectivity index (χ4n) is 4.08. The summed E-state index contributed by atoms with van der Waals surface area (Å²) in [4.78, 5) is 0. The molecule has 1 aliphatic heterocycles. The Morgan fingerprint density at radius 1 is 1.14 bits per heavy atom. The number of aromatic hydroxyl groups is 1. The van der Waals surface area contributed by atoms with E-state index in [2.05, 4.69) is 55.6 Å². The maximum absolute atomic E-state index is 10.3. The number of anilines is 1. The van der Waals surface area contributed by atoms with Crippen LogP contribution in [-0.2, 0) is 0 Å². The van der Waals surface area contributed by atoms with Crippen LogP contribution in [0.5, 0.6) is 5.75 Å². The molecule has 2 nitrogen and oxygen atoms in total. The van der Waals surface area contributed by atoms with E-state index in [1.54, 1.807) is 6.07 Å². The van der Waals surface area contributed by atoms with Crippen molar-refractivity contribution in [3.8, 4) is 5.75 Å². The molecule has 0 fully saturated rings. The van der Waals surface area contributed by atoms with Crippen LogP contribution in [0.15, 0.2) is 48.6 Å². The molecule has 0 amide bonds. The maximum atomic E-state index is 10.3. The van der Waals surface area contributed by atoms with E-state index in [-0.39, 0.29) is 6.04 Å². The number of benzene rings is 2. The molecule has 0 spiro atoms. The number of hydrogen-bond donors (Lipinski definition) is 2.